The maximum Gasteiger partial charge on any atom is 0.274 e. The predicted octanol–water partition coefficient (Wildman–Crippen LogP) is 4.93. The molecule has 5 nitrogen and oxygen atoms in total. The number of hydrogen-bond donors (Lipinski definition) is 0. The minimum Gasteiger partial charge on any atom is -0.496 e. The Kier molecular flexibility index (Phi) is 4.69. The Morgan fingerprint density at radius 2 is 1.93 bits per heavy atom. The Bertz CT molecular complexity index is 981. The lowest BCUT2D eigenvalue weighted by Gasteiger charge is -2.19. The monoisotopic (exact) mass is 380 g/mol. The van der Waals surface area contributed by atoms with E-state index in [4.69, 9.17) is 20.8 Å². The molecule has 3 aromatic rings. The van der Waals surface area contributed by atoms with Crippen LogP contribution >= 0.6 is 11.6 Å². The smallest absolute Gasteiger partial charge is 0.274 e. The minimum atomic E-state index is -0.317. The average Bonchev–Trinajstić information content (AvgIpc) is 3.37. The van der Waals surface area contributed by atoms with Gasteiger partial charge in [-0.2, -0.15) is 5.10 Å². The number of rotatable bonds is 4. The Morgan fingerprint density at radius 3 is 2.63 bits per heavy atom. The number of benzene rings is 2. The molecule has 0 saturated heterocycles. The topological polar surface area (TPSA) is 55.0 Å². The number of amides is 1. The molecule has 1 aliphatic heterocycles. The van der Waals surface area contributed by atoms with Crippen LogP contribution in [0.15, 0.2) is 76.4 Å². The molecule has 1 aliphatic rings. The summed E-state index contributed by atoms with van der Waals surface area (Å²) < 4.78 is 11.0. The molecule has 1 atom stereocenters. The number of carbonyl (C=O) groups is 1. The van der Waals surface area contributed by atoms with Crippen LogP contribution in [0.25, 0.3) is 0 Å². The minimum absolute atomic E-state index is 0.210. The number of hydrogen-bond acceptors (Lipinski definition) is 4. The summed E-state index contributed by atoms with van der Waals surface area (Å²) in [7, 11) is 1.62. The normalized spacial score (nSPS) is 16.3. The van der Waals surface area contributed by atoms with E-state index in [0.29, 0.717) is 22.8 Å². The summed E-state index contributed by atoms with van der Waals surface area (Å²) in [5, 5.41) is 6.68. The Balaban J connectivity index is 1.74. The molecule has 0 N–H and O–H groups in total. The summed E-state index contributed by atoms with van der Waals surface area (Å²) in [6.45, 7) is 0. The maximum absolute atomic E-state index is 13.1. The van der Waals surface area contributed by atoms with Gasteiger partial charge in [-0.1, -0.05) is 23.7 Å². The highest BCUT2D eigenvalue weighted by atomic mass is 35.5. The summed E-state index contributed by atoms with van der Waals surface area (Å²) in [6, 6.07) is 17.8. The number of halogens is 1. The molecular weight excluding hydrogens is 364 g/mol. The first-order valence-electron chi connectivity index (χ1n) is 8.51. The van der Waals surface area contributed by atoms with Gasteiger partial charge >= 0.3 is 0 Å². The second-order valence-electron chi connectivity index (χ2n) is 6.14. The van der Waals surface area contributed by atoms with Crippen LogP contribution in [-0.2, 0) is 0 Å². The first-order valence-corrected chi connectivity index (χ1v) is 8.88. The van der Waals surface area contributed by atoms with Gasteiger partial charge in [0, 0.05) is 22.6 Å². The molecule has 27 heavy (non-hydrogen) atoms. The summed E-state index contributed by atoms with van der Waals surface area (Å²) in [6.07, 6.45) is 2.13. The van der Waals surface area contributed by atoms with Gasteiger partial charge in [0.1, 0.15) is 17.6 Å². The van der Waals surface area contributed by atoms with Crippen LogP contribution in [0.4, 0.5) is 0 Å². The zero-order valence-electron chi connectivity index (χ0n) is 14.6. The van der Waals surface area contributed by atoms with E-state index in [2.05, 4.69) is 5.10 Å². The van der Waals surface area contributed by atoms with E-state index >= 15 is 0 Å². The molecule has 0 radical (unpaired) electrons. The summed E-state index contributed by atoms with van der Waals surface area (Å²) in [5.74, 6) is 1.19. The Hall–Kier alpha value is -3.05. The third kappa shape index (κ3) is 3.34. The van der Waals surface area contributed by atoms with E-state index in [1.165, 1.54) is 5.01 Å². The molecule has 2 aromatic carbocycles. The van der Waals surface area contributed by atoms with Crippen molar-refractivity contribution in [3.8, 4) is 5.75 Å². The first-order chi connectivity index (χ1) is 13.2. The van der Waals surface area contributed by atoms with Gasteiger partial charge in [-0.25, -0.2) is 5.01 Å². The van der Waals surface area contributed by atoms with Crippen LogP contribution in [0.5, 0.6) is 5.75 Å². The second-order valence-corrected chi connectivity index (χ2v) is 6.58. The molecule has 0 saturated carbocycles. The van der Waals surface area contributed by atoms with Crippen LogP contribution in [0.2, 0.25) is 5.02 Å². The van der Waals surface area contributed by atoms with Gasteiger partial charge in [0.15, 0.2) is 0 Å². The number of methoxy groups -OCH3 is 1. The number of para-hydroxylation sites is 1. The van der Waals surface area contributed by atoms with Crippen molar-refractivity contribution < 1.29 is 13.9 Å². The Labute approximate surface area is 161 Å². The molecular formula is C21H17ClN2O3. The lowest BCUT2D eigenvalue weighted by Crippen LogP contribution is -2.26. The van der Waals surface area contributed by atoms with E-state index in [1.807, 2.05) is 30.3 Å². The number of carbonyl (C=O) groups excluding carboxylic acids is 1. The van der Waals surface area contributed by atoms with Crippen LogP contribution in [0, 0.1) is 0 Å². The van der Waals surface area contributed by atoms with Crippen molar-refractivity contribution in [2.24, 2.45) is 5.10 Å². The molecule has 0 bridgehead atoms. The van der Waals surface area contributed by atoms with Crippen LogP contribution in [0.1, 0.15) is 34.1 Å². The van der Waals surface area contributed by atoms with Gasteiger partial charge in [-0.3, -0.25) is 4.79 Å². The van der Waals surface area contributed by atoms with E-state index < -0.39 is 0 Å². The molecule has 1 unspecified atom stereocenters. The predicted molar refractivity (Wildman–Crippen MR) is 103 cm³/mol. The average molecular weight is 381 g/mol. The largest absolute Gasteiger partial charge is 0.496 e. The SMILES string of the molecule is COc1ccccc1C1=NN(C(=O)c2ccc(Cl)cc2)C(c2ccco2)C1. The number of ether oxygens (including phenoxy) is 1. The second kappa shape index (κ2) is 7.29. The van der Waals surface area contributed by atoms with Gasteiger partial charge in [-0.15, -0.1) is 0 Å². The summed E-state index contributed by atoms with van der Waals surface area (Å²) in [5.41, 5.74) is 2.15. The summed E-state index contributed by atoms with van der Waals surface area (Å²) >= 11 is 5.94. The molecule has 0 fully saturated rings. The van der Waals surface area contributed by atoms with Crippen LogP contribution < -0.4 is 4.74 Å². The number of nitrogens with zero attached hydrogens (tertiary/aromatic N) is 2. The zero-order valence-corrected chi connectivity index (χ0v) is 15.4. The highest BCUT2D eigenvalue weighted by Crippen LogP contribution is 2.36. The van der Waals surface area contributed by atoms with E-state index in [0.717, 1.165) is 17.0 Å². The van der Waals surface area contributed by atoms with Crippen molar-refractivity contribution in [3.05, 3.63) is 88.8 Å². The Morgan fingerprint density at radius 1 is 1.15 bits per heavy atom. The fourth-order valence-electron chi connectivity index (χ4n) is 3.17. The third-order valence-corrected chi connectivity index (χ3v) is 4.75. The standard InChI is InChI=1S/C21H17ClN2O3/c1-26-19-6-3-2-5-16(19)17-13-18(20-7-4-12-27-20)24(23-17)21(25)14-8-10-15(22)11-9-14/h2-12,18H,13H2,1H3. The lowest BCUT2D eigenvalue weighted by atomic mass is 10.0. The molecule has 1 aromatic heterocycles. The van der Waals surface area contributed by atoms with Crippen molar-refractivity contribution in [1.82, 2.24) is 5.01 Å². The van der Waals surface area contributed by atoms with Gasteiger partial charge in [-0.05, 0) is 48.5 Å². The molecule has 136 valence electrons. The van der Waals surface area contributed by atoms with E-state index in [9.17, 15) is 4.79 Å². The number of furan rings is 1. The van der Waals surface area contributed by atoms with Crippen molar-refractivity contribution in [3.63, 3.8) is 0 Å². The fraction of sp³-hybridized carbons (Fsp3) is 0.143. The fourth-order valence-corrected chi connectivity index (χ4v) is 3.30. The number of hydrazone groups is 1. The van der Waals surface area contributed by atoms with Gasteiger partial charge in [0.2, 0.25) is 0 Å². The molecule has 4 rings (SSSR count). The van der Waals surface area contributed by atoms with Crippen molar-refractivity contribution >= 4 is 23.2 Å². The highest BCUT2D eigenvalue weighted by Gasteiger charge is 2.36. The molecule has 6 heteroatoms. The van der Waals surface area contributed by atoms with Crippen LogP contribution in [0.3, 0.4) is 0 Å². The van der Waals surface area contributed by atoms with Gasteiger partial charge in [0.25, 0.3) is 5.91 Å². The third-order valence-electron chi connectivity index (χ3n) is 4.50. The zero-order chi connectivity index (χ0) is 18.8. The summed E-state index contributed by atoms with van der Waals surface area (Å²) in [4.78, 5) is 13.1. The van der Waals surface area contributed by atoms with Crippen molar-refractivity contribution in [1.29, 1.82) is 0 Å². The van der Waals surface area contributed by atoms with Crippen molar-refractivity contribution in [2.75, 3.05) is 7.11 Å². The highest BCUT2D eigenvalue weighted by molar-refractivity contribution is 6.30. The van der Waals surface area contributed by atoms with E-state index in [-0.39, 0.29) is 11.9 Å². The van der Waals surface area contributed by atoms with Gasteiger partial charge < -0.3 is 9.15 Å². The van der Waals surface area contributed by atoms with Crippen molar-refractivity contribution in [2.45, 2.75) is 12.5 Å². The van der Waals surface area contributed by atoms with Gasteiger partial charge in [0.05, 0.1) is 19.1 Å². The quantitative estimate of drug-likeness (QED) is 0.644. The molecule has 1 amide bonds. The molecule has 0 aliphatic carbocycles. The molecule has 0 spiro atoms. The lowest BCUT2D eigenvalue weighted by molar-refractivity contribution is 0.0693. The first kappa shape index (κ1) is 17.4. The maximum atomic E-state index is 13.1. The van der Waals surface area contributed by atoms with Crippen LogP contribution in [-0.4, -0.2) is 23.7 Å². The van der Waals surface area contributed by atoms with E-state index in [1.54, 1.807) is 43.7 Å². The molecule has 2 heterocycles.